The molecule has 0 bridgehead atoms. The topological polar surface area (TPSA) is 131 Å². The van der Waals surface area contributed by atoms with Gasteiger partial charge in [-0.1, -0.05) is 13.8 Å². The van der Waals surface area contributed by atoms with Crippen molar-refractivity contribution in [3.05, 3.63) is 29.7 Å². The second kappa shape index (κ2) is 6.93. The van der Waals surface area contributed by atoms with Crippen LogP contribution >= 0.6 is 0 Å². The molecule has 10 heteroatoms. The van der Waals surface area contributed by atoms with E-state index in [2.05, 4.69) is 10.2 Å². The van der Waals surface area contributed by atoms with Crippen molar-refractivity contribution in [2.24, 2.45) is 11.1 Å². The summed E-state index contributed by atoms with van der Waals surface area (Å²) in [6.45, 7) is 4.41. The summed E-state index contributed by atoms with van der Waals surface area (Å²) in [5.74, 6) is 0.148. The molecule has 0 aromatic carbocycles. The number of aliphatic hydroxyl groups is 1. The van der Waals surface area contributed by atoms with E-state index >= 15 is 0 Å². The molecular formula is C16H23N5O4S. The molecule has 0 spiro atoms. The van der Waals surface area contributed by atoms with E-state index < -0.39 is 21.4 Å². The van der Waals surface area contributed by atoms with E-state index in [1.54, 1.807) is 27.6 Å². The van der Waals surface area contributed by atoms with Crippen molar-refractivity contribution in [3.8, 4) is 0 Å². The summed E-state index contributed by atoms with van der Waals surface area (Å²) in [5.41, 5.74) is 0.979. The van der Waals surface area contributed by atoms with Crippen LogP contribution in [0.1, 0.15) is 49.0 Å². The Bertz CT molecular complexity index is 916. The first-order valence-corrected chi connectivity index (χ1v) is 10.1. The number of aromatic nitrogens is 3. The summed E-state index contributed by atoms with van der Waals surface area (Å²) >= 11 is 0. The number of carbonyl (C=O) groups is 1. The Kier molecular flexibility index (Phi) is 5.00. The lowest BCUT2D eigenvalue weighted by Gasteiger charge is -2.30. The van der Waals surface area contributed by atoms with Crippen LogP contribution in [0.4, 0.5) is 0 Å². The lowest BCUT2D eigenvalue weighted by molar-refractivity contribution is 0.0724. The van der Waals surface area contributed by atoms with Crippen molar-refractivity contribution in [2.45, 2.75) is 38.0 Å². The summed E-state index contributed by atoms with van der Waals surface area (Å²) in [5, 5.41) is 22.9. The molecule has 1 aliphatic rings. The zero-order valence-corrected chi connectivity index (χ0v) is 15.6. The number of nitrogens with two attached hydrogens (primary N) is 1. The Morgan fingerprint density at radius 3 is 2.50 bits per heavy atom. The fourth-order valence-corrected chi connectivity index (χ4v) is 3.97. The number of hydrogen-bond donors (Lipinski definition) is 2. The molecule has 1 unspecified atom stereocenters. The summed E-state index contributed by atoms with van der Waals surface area (Å²) in [4.78, 5) is 14.4. The number of primary sulfonamides is 1. The third-order valence-electron chi connectivity index (χ3n) is 4.77. The van der Waals surface area contributed by atoms with Crippen molar-refractivity contribution in [3.63, 3.8) is 0 Å². The molecule has 0 aliphatic carbocycles. The molecule has 1 atom stereocenters. The number of sulfonamides is 1. The standard InChI is InChI=1S/C16H23N5O4S/c1-10(2)14(22)15-19-18-13-4-3-11(9-21(13)15)16(23)20-7-5-12(6-8-20)26(17,24)25/h3-4,9-10,12,14,22H,5-8H2,1-2H3,(H2,17,24,25). The van der Waals surface area contributed by atoms with Crippen molar-refractivity contribution in [1.29, 1.82) is 0 Å². The van der Waals surface area contributed by atoms with Crippen LogP contribution in [0, 0.1) is 5.92 Å². The van der Waals surface area contributed by atoms with Gasteiger partial charge in [0.2, 0.25) is 10.0 Å². The second-order valence-electron chi connectivity index (χ2n) is 6.97. The molecule has 3 N–H and O–H groups in total. The zero-order chi connectivity index (χ0) is 19.1. The van der Waals surface area contributed by atoms with Crippen molar-refractivity contribution < 1.29 is 18.3 Å². The third kappa shape index (κ3) is 3.57. The number of likely N-dealkylation sites (tertiary alicyclic amines) is 1. The van der Waals surface area contributed by atoms with E-state index in [1.807, 2.05) is 13.8 Å². The Morgan fingerprint density at radius 1 is 1.27 bits per heavy atom. The van der Waals surface area contributed by atoms with Crippen molar-refractivity contribution >= 4 is 21.6 Å². The molecule has 26 heavy (non-hydrogen) atoms. The minimum Gasteiger partial charge on any atom is -0.385 e. The van der Waals surface area contributed by atoms with Gasteiger partial charge in [-0.2, -0.15) is 0 Å². The van der Waals surface area contributed by atoms with Gasteiger partial charge in [0.1, 0.15) is 6.10 Å². The van der Waals surface area contributed by atoms with Gasteiger partial charge >= 0.3 is 0 Å². The van der Waals surface area contributed by atoms with Gasteiger partial charge in [-0.3, -0.25) is 9.20 Å². The average Bonchev–Trinajstić information content (AvgIpc) is 3.02. The zero-order valence-electron chi connectivity index (χ0n) is 14.7. The van der Waals surface area contributed by atoms with Gasteiger partial charge in [-0.25, -0.2) is 13.6 Å². The minimum atomic E-state index is -3.57. The van der Waals surface area contributed by atoms with Gasteiger partial charge in [-0.05, 0) is 30.9 Å². The molecule has 1 aliphatic heterocycles. The normalized spacial score (nSPS) is 17.8. The lowest BCUT2D eigenvalue weighted by Crippen LogP contribution is -2.44. The molecular weight excluding hydrogens is 358 g/mol. The Balaban J connectivity index is 1.82. The van der Waals surface area contributed by atoms with Gasteiger partial charge < -0.3 is 10.0 Å². The van der Waals surface area contributed by atoms with E-state index in [0.717, 1.165) is 0 Å². The fraction of sp³-hybridized carbons (Fsp3) is 0.562. The predicted octanol–water partition coefficient (Wildman–Crippen LogP) is 0.312. The molecule has 9 nitrogen and oxygen atoms in total. The van der Waals surface area contributed by atoms with Crippen LogP contribution in [0.5, 0.6) is 0 Å². The van der Waals surface area contributed by atoms with E-state index in [9.17, 15) is 18.3 Å². The van der Waals surface area contributed by atoms with E-state index in [-0.39, 0.29) is 11.8 Å². The van der Waals surface area contributed by atoms with E-state index in [0.29, 0.717) is 43.0 Å². The number of fused-ring (bicyclic) bond motifs is 1. The van der Waals surface area contributed by atoms with Crippen LogP contribution in [0.2, 0.25) is 0 Å². The highest BCUT2D eigenvalue weighted by Crippen LogP contribution is 2.22. The first kappa shape index (κ1) is 18.7. The monoisotopic (exact) mass is 381 g/mol. The summed E-state index contributed by atoms with van der Waals surface area (Å²) in [6, 6.07) is 3.33. The molecule has 1 amide bonds. The highest BCUT2D eigenvalue weighted by Gasteiger charge is 2.30. The number of amides is 1. The van der Waals surface area contributed by atoms with Crippen LogP contribution in [-0.4, -0.2) is 57.3 Å². The summed E-state index contributed by atoms with van der Waals surface area (Å²) < 4.78 is 24.5. The Morgan fingerprint density at radius 2 is 1.92 bits per heavy atom. The van der Waals surface area contributed by atoms with Gasteiger partial charge in [0.25, 0.3) is 5.91 Å². The smallest absolute Gasteiger partial charge is 0.255 e. The first-order valence-electron chi connectivity index (χ1n) is 8.52. The SMILES string of the molecule is CC(C)C(O)c1nnc2ccc(C(=O)N3CCC(S(N)(=O)=O)CC3)cn12. The minimum absolute atomic E-state index is 0.0426. The quantitative estimate of drug-likeness (QED) is 0.784. The van der Waals surface area contributed by atoms with Crippen LogP contribution in [0.15, 0.2) is 18.3 Å². The molecule has 2 aromatic rings. The Hall–Kier alpha value is -2.04. The number of pyridine rings is 1. The second-order valence-corrected chi connectivity index (χ2v) is 8.82. The van der Waals surface area contributed by atoms with Gasteiger partial charge in [0, 0.05) is 19.3 Å². The van der Waals surface area contributed by atoms with Crippen LogP contribution in [0.25, 0.3) is 5.65 Å². The van der Waals surface area contributed by atoms with E-state index in [1.165, 1.54) is 0 Å². The van der Waals surface area contributed by atoms with Gasteiger partial charge in [-0.15, -0.1) is 10.2 Å². The number of rotatable bonds is 4. The van der Waals surface area contributed by atoms with Crippen molar-refractivity contribution in [1.82, 2.24) is 19.5 Å². The number of hydrogen-bond acceptors (Lipinski definition) is 6. The highest BCUT2D eigenvalue weighted by molar-refractivity contribution is 7.89. The molecule has 0 radical (unpaired) electrons. The first-order chi connectivity index (χ1) is 12.2. The number of aliphatic hydroxyl groups excluding tert-OH is 1. The predicted molar refractivity (Wildman–Crippen MR) is 94.8 cm³/mol. The molecule has 0 saturated carbocycles. The lowest BCUT2D eigenvalue weighted by atomic mass is 10.1. The molecule has 1 saturated heterocycles. The largest absolute Gasteiger partial charge is 0.385 e. The Labute approximate surface area is 151 Å². The summed E-state index contributed by atoms with van der Waals surface area (Å²) in [7, 11) is -3.57. The number of carbonyl (C=O) groups excluding carboxylic acids is 1. The van der Waals surface area contributed by atoms with Gasteiger partial charge in [0.15, 0.2) is 11.5 Å². The molecule has 142 valence electrons. The van der Waals surface area contributed by atoms with Crippen LogP contribution in [-0.2, 0) is 10.0 Å². The van der Waals surface area contributed by atoms with Crippen LogP contribution in [0.3, 0.4) is 0 Å². The van der Waals surface area contributed by atoms with E-state index in [4.69, 9.17) is 5.14 Å². The average molecular weight is 381 g/mol. The van der Waals surface area contributed by atoms with Crippen LogP contribution < -0.4 is 5.14 Å². The third-order valence-corrected chi connectivity index (χ3v) is 6.17. The molecule has 2 aromatic heterocycles. The highest BCUT2D eigenvalue weighted by atomic mass is 32.2. The van der Waals surface area contributed by atoms with Crippen molar-refractivity contribution in [2.75, 3.05) is 13.1 Å². The molecule has 3 heterocycles. The maximum Gasteiger partial charge on any atom is 0.255 e. The number of nitrogens with zero attached hydrogens (tertiary/aromatic N) is 4. The van der Waals surface area contributed by atoms with Gasteiger partial charge in [0.05, 0.1) is 10.8 Å². The molecule has 3 rings (SSSR count). The number of piperidine rings is 1. The maximum atomic E-state index is 12.8. The maximum absolute atomic E-state index is 12.8. The fourth-order valence-electron chi connectivity index (χ4n) is 3.10. The summed E-state index contributed by atoms with van der Waals surface area (Å²) in [6.07, 6.45) is 1.48. The molecule has 1 fully saturated rings.